The van der Waals surface area contributed by atoms with Crippen molar-refractivity contribution in [3.05, 3.63) is 65.0 Å². The Morgan fingerprint density at radius 1 is 1.03 bits per heavy atom. The van der Waals surface area contributed by atoms with Crippen LogP contribution in [0.3, 0.4) is 0 Å². The molecule has 0 aromatic heterocycles. The lowest BCUT2D eigenvalue weighted by Crippen LogP contribution is -2.58. The second-order valence-corrected chi connectivity index (χ2v) is 10.6. The van der Waals surface area contributed by atoms with E-state index in [1.807, 2.05) is 13.0 Å². The first-order chi connectivity index (χ1) is 16.4. The number of rotatable bonds is 5. The molecule has 6 heteroatoms. The first-order valence-electron chi connectivity index (χ1n) is 12.7. The molecule has 0 bridgehead atoms. The lowest BCUT2D eigenvalue weighted by atomic mass is 9.93. The van der Waals surface area contributed by atoms with Crippen molar-refractivity contribution in [3.8, 4) is 0 Å². The van der Waals surface area contributed by atoms with Crippen molar-refractivity contribution in [1.82, 2.24) is 14.7 Å². The van der Waals surface area contributed by atoms with Crippen molar-refractivity contribution in [1.29, 1.82) is 0 Å². The number of halogens is 1. The van der Waals surface area contributed by atoms with E-state index in [2.05, 4.69) is 58.0 Å². The molecule has 5 rings (SSSR count). The number of likely N-dealkylation sites (tertiary alicyclic amines) is 1. The first-order valence-corrected chi connectivity index (χ1v) is 12.7. The average Bonchev–Trinajstić information content (AvgIpc) is 3.26. The van der Waals surface area contributed by atoms with Gasteiger partial charge in [0.05, 0.1) is 6.54 Å². The summed E-state index contributed by atoms with van der Waals surface area (Å²) in [6, 6.07) is 14.9. The third kappa shape index (κ3) is 4.58. The molecule has 3 saturated heterocycles. The molecule has 3 aliphatic heterocycles. The molecule has 0 spiro atoms. The molecule has 0 N–H and O–H groups in total. The van der Waals surface area contributed by atoms with E-state index in [0.29, 0.717) is 31.1 Å². The number of piperidine rings is 1. The van der Waals surface area contributed by atoms with E-state index in [4.69, 9.17) is 0 Å². The Hall–Kier alpha value is -2.44. The van der Waals surface area contributed by atoms with Crippen molar-refractivity contribution in [3.63, 3.8) is 0 Å². The number of benzene rings is 2. The minimum absolute atomic E-state index is 0.109. The molecule has 34 heavy (non-hydrogen) atoms. The quantitative estimate of drug-likeness (QED) is 0.672. The van der Waals surface area contributed by atoms with Crippen LogP contribution in [0.4, 0.5) is 10.1 Å². The normalized spacial score (nSPS) is 25.8. The van der Waals surface area contributed by atoms with Gasteiger partial charge in [-0.3, -0.25) is 9.69 Å². The van der Waals surface area contributed by atoms with Crippen LogP contribution in [0, 0.1) is 12.7 Å². The lowest BCUT2D eigenvalue weighted by molar-refractivity contribution is -0.135. The zero-order chi connectivity index (χ0) is 23.8. The van der Waals surface area contributed by atoms with Crippen molar-refractivity contribution >= 4 is 11.6 Å². The van der Waals surface area contributed by atoms with Gasteiger partial charge >= 0.3 is 0 Å². The number of carbonyl (C=O) groups is 1. The van der Waals surface area contributed by atoms with Gasteiger partial charge in [-0.25, -0.2) is 4.39 Å². The molecule has 0 aliphatic carbocycles. The fourth-order valence-corrected chi connectivity index (χ4v) is 6.16. The van der Waals surface area contributed by atoms with Crippen LogP contribution in [0.2, 0.25) is 0 Å². The van der Waals surface area contributed by atoms with Crippen molar-refractivity contribution in [2.75, 3.05) is 51.7 Å². The molecule has 1 amide bonds. The zero-order valence-electron chi connectivity index (χ0n) is 20.7. The second kappa shape index (κ2) is 9.67. The summed E-state index contributed by atoms with van der Waals surface area (Å²) in [5.41, 5.74) is 4.28. The van der Waals surface area contributed by atoms with Crippen molar-refractivity contribution in [2.24, 2.45) is 0 Å². The van der Waals surface area contributed by atoms with Crippen LogP contribution in [0.25, 0.3) is 0 Å². The second-order valence-electron chi connectivity index (χ2n) is 10.6. The molecular formula is C28H37FN4O. The first kappa shape index (κ1) is 23.3. The van der Waals surface area contributed by atoms with Gasteiger partial charge in [-0.2, -0.15) is 0 Å². The predicted molar refractivity (Wildman–Crippen MR) is 135 cm³/mol. The number of amides is 1. The summed E-state index contributed by atoms with van der Waals surface area (Å²) in [4.78, 5) is 21.7. The standard InChI is InChI=1S/C28H37FN4O/c1-20-7-6-9-26(29)24(20)16-31-17-25(27(18-31)30(2)3)21-10-12-22(13-11-21)32-15-23-8-4-5-14-33(23)28(34)19-32/h6-7,9-13,23,25,27H,4-5,8,14-19H2,1-3H3/t23?,25-,27+/m1/s1. The summed E-state index contributed by atoms with van der Waals surface area (Å²) in [6.07, 6.45) is 3.47. The number of aryl methyl sites for hydroxylation is 1. The summed E-state index contributed by atoms with van der Waals surface area (Å²) >= 11 is 0. The van der Waals surface area contributed by atoms with Crippen LogP contribution in [0.5, 0.6) is 0 Å². The summed E-state index contributed by atoms with van der Waals surface area (Å²) < 4.78 is 14.5. The number of piperazine rings is 1. The monoisotopic (exact) mass is 464 g/mol. The number of likely N-dealkylation sites (N-methyl/N-ethyl adjacent to an activating group) is 1. The SMILES string of the molecule is Cc1cccc(F)c1CN1C[C@H](c2ccc(N3CC(=O)N4CCCCC4C3)cc2)[C@@H](N(C)C)C1. The van der Waals surface area contributed by atoms with Gasteiger partial charge in [0.2, 0.25) is 5.91 Å². The lowest BCUT2D eigenvalue weighted by Gasteiger charge is -2.44. The highest BCUT2D eigenvalue weighted by Crippen LogP contribution is 2.33. The minimum atomic E-state index is -0.109. The highest BCUT2D eigenvalue weighted by atomic mass is 19.1. The highest BCUT2D eigenvalue weighted by molar-refractivity contribution is 5.83. The van der Waals surface area contributed by atoms with Crippen LogP contribution >= 0.6 is 0 Å². The van der Waals surface area contributed by atoms with Crippen LogP contribution in [-0.4, -0.2) is 79.5 Å². The Labute approximate surface area is 203 Å². The predicted octanol–water partition coefficient (Wildman–Crippen LogP) is 3.86. The third-order valence-electron chi connectivity index (χ3n) is 8.15. The Morgan fingerprint density at radius 3 is 2.56 bits per heavy atom. The van der Waals surface area contributed by atoms with Crippen LogP contribution in [-0.2, 0) is 11.3 Å². The van der Waals surface area contributed by atoms with Gasteiger partial charge < -0.3 is 14.7 Å². The molecule has 3 atom stereocenters. The molecular weight excluding hydrogens is 427 g/mol. The number of fused-ring (bicyclic) bond motifs is 1. The van der Waals surface area contributed by atoms with E-state index in [0.717, 1.165) is 55.8 Å². The van der Waals surface area contributed by atoms with Gasteiger partial charge in [0.15, 0.2) is 0 Å². The smallest absolute Gasteiger partial charge is 0.242 e. The molecule has 2 aromatic carbocycles. The summed E-state index contributed by atoms with van der Waals surface area (Å²) in [5, 5.41) is 0. The maximum absolute atomic E-state index is 14.5. The zero-order valence-corrected chi connectivity index (χ0v) is 20.7. The van der Waals surface area contributed by atoms with E-state index >= 15 is 0 Å². The van der Waals surface area contributed by atoms with Crippen molar-refractivity contribution in [2.45, 2.75) is 50.7 Å². The number of hydrogen-bond acceptors (Lipinski definition) is 4. The summed E-state index contributed by atoms with van der Waals surface area (Å²) in [6.45, 7) is 6.81. The van der Waals surface area contributed by atoms with Crippen LogP contribution < -0.4 is 4.90 Å². The molecule has 2 aromatic rings. The number of anilines is 1. The fourth-order valence-electron chi connectivity index (χ4n) is 6.16. The van der Waals surface area contributed by atoms with Gasteiger partial charge in [0.25, 0.3) is 0 Å². The van der Waals surface area contributed by atoms with E-state index in [9.17, 15) is 9.18 Å². The molecule has 3 aliphatic rings. The van der Waals surface area contributed by atoms with E-state index in [1.165, 1.54) is 12.0 Å². The maximum Gasteiger partial charge on any atom is 0.242 e. The van der Waals surface area contributed by atoms with E-state index in [1.54, 1.807) is 12.1 Å². The van der Waals surface area contributed by atoms with Gasteiger partial charge in [-0.15, -0.1) is 0 Å². The summed E-state index contributed by atoms with van der Waals surface area (Å²) in [5.74, 6) is 0.525. The Morgan fingerprint density at radius 2 is 1.82 bits per heavy atom. The fraction of sp³-hybridized carbons (Fsp3) is 0.536. The van der Waals surface area contributed by atoms with Crippen LogP contribution in [0.1, 0.15) is 41.9 Å². The maximum atomic E-state index is 14.5. The van der Waals surface area contributed by atoms with E-state index in [-0.39, 0.29) is 11.7 Å². The molecule has 0 radical (unpaired) electrons. The average molecular weight is 465 g/mol. The molecule has 5 nitrogen and oxygen atoms in total. The Bertz CT molecular complexity index is 1000. The molecule has 3 heterocycles. The minimum Gasteiger partial charge on any atom is -0.360 e. The number of hydrogen-bond donors (Lipinski definition) is 0. The Balaban J connectivity index is 1.30. The van der Waals surface area contributed by atoms with Gasteiger partial charge in [-0.05, 0) is 69.6 Å². The molecule has 182 valence electrons. The molecule has 3 fully saturated rings. The summed E-state index contributed by atoms with van der Waals surface area (Å²) in [7, 11) is 4.28. The van der Waals surface area contributed by atoms with Gasteiger partial charge in [0.1, 0.15) is 5.82 Å². The van der Waals surface area contributed by atoms with E-state index < -0.39 is 0 Å². The third-order valence-corrected chi connectivity index (χ3v) is 8.15. The molecule has 1 unspecified atom stereocenters. The van der Waals surface area contributed by atoms with Gasteiger partial charge in [-0.1, -0.05) is 24.3 Å². The van der Waals surface area contributed by atoms with Crippen molar-refractivity contribution < 1.29 is 9.18 Å². The number of nitrogens with zero attached hydrogens (tertiary/aromatic N) is 4. The topological polar surface area (TPSA) is 30.0 Å². The molecule has 0 saturated carbocycles. The highest BCUT2D eigenvalue weighted by Gasteiger charge is 2.36. The Kier molecular flexibility index (Phi) is 6.63. The number of carbonyl (C=O) groups excluding carboxylic acids is 1. The largest absolute Gasteiger partial charge is 0.360 e. The van der Waals surface area contributed by atoms with Crippen LogP contribution in [0.15, 0.2) is 42.5 Å². The van der Waals surface area contributed by atoms with Gasteiger partial charge in [0, 0.05) is 62.0 Å².